The maximum absolute atomic E-state index is 12.7. The van der Waals surface area contributed by atoms with Gasteiger partial charge in [-0.05, 0) is 47.5 Å². The first-order chi connectivity index (χ1) is 12.0. The molecule has 132 valence electrons. The third-order valence-corrected chi connectivity index (χ3v) is 3.84. The van der Waals surface area contributed by atoms with E-state index in [-0.39, 0.29) is 6.54 Å². The van der Waals surface area contributed by atoms with Gasteiger partial charge in [-0.25, -0.2) is 4.99 Å². The van der Waals surface area contributed by atoms with Gasteiger partial charge in [-0.1, -0.05) is 17.9 Å². The molecule has 0 aliphatic carbocycles. The van der Waals surface area contributed by atoms with E-state index >= 15 is 0 Å². The fraction of sp³-hybridized carbons (Fsp3) is 0.278. The zero-order valence-electron chi connectivity index (χ0n) is 13.7. The van der Waals surface area contributed by atoms with Gasteiger partial charge in [0.2, 0.25) is 0 Å². The van der Waals surface area contributed by atoms with Gasteiger partial charge in [-0.15, -0.1) is 0 Å². The van der Waals surface area contributed by atoms with Crippen LogP contribution >= 0.6 is 11.3 Å². The van der Waals surface area contributed by atoms with Crippen LogP contribution in [0.5, 0.6) is 0 Å². The van der Waals surface area contributed by atoms with E-state index in [1.807, 2.05) is 23.8 Å². The minimum Gasteiger partial charge on any atom is -0.357 e. The van der Waals surface area contributed by atoms with E-state index < -0.39 is 11.7 Å². The third-order valence-electron chi connectivity index (χ3n) is 3.11. The van der Waals surface area contributed by atoms with Crippen molar-refractivity contribution in [3.05, 3.63) is 57.8 Å². The molecule has 2 rings (SSSR count). The van der Waals surface area contributed by atoms with Crippen LogP contribution in [0.1, 0.15) is 23.6 Å². The largest absolute Gasteiger partial charge is 0.416 e. The van der Waals surface area contributed by atoms with Crippen LogP contribution in [0.2, 0.25) is 0 Å². The molecule has 0 radical (unpaired) electrons. The van der Waals surface area contributed by atoms with Crippen molar-refractivity contribution < 1.29 is 13.2 Å². The van der Waals surface area contributed by atoms with E-state index in [4.69, 9.17) is 0 Å². The van der Waals surface area contributed by atoms with Gasteiger partial charge in [-0.2, -0.15) is 24.5 Å². The van der Waals surface area contributed by atoms with Crippen molar-refractivity contribution in [3.63, 3.8) is 0 Å². The molecule has 25 heavy (non-hydrogen) atoms. The molecule has 1 aromatic carbocycles. The van der Waals surface area contributed by atoms with Gasteiger partial charge in [0.05, 0.1) is 18.7 Å². The van der Waals surface area contributed by atoms with Crippen LogP contribution in [0.15, 0.2) is 46.1 Å². The zero-order valence-corrected chi connectivity index (χ0v) is 14.5. The van der Waals surface area contributed by atoms with Crippen molar-refractivity contribution in [3.8, 4) is 11.8 Å². The number of hydrogen-bond donors (Lipinski definition) is 2. The molecule has 0 aliphatic rings. The van der Waals surface area contributed by atoms with Gasteiger partial charge in [-0.3, -0.25) is 0 Å². The van der Waals surface area contributed by atoms with Crippen LogP contribution in [-0.4, -0.2) is 19.0 Å². The number of hydrogen-bond acceptors (Lipinski definition) is 2. The molecule has 2 aromatic rings. The highest BCUT2D eigenvalue weighted by Crippen LogP contribution is 2.29. The van der Waals surface area contributed by atoms with Crippen molar-refractivity contribution in [2.24, 2.45) is 4.99 Å². The zero-order chi connectivity index (χ0) is 18.1. The summed E-state index contributed by atoms with van der Waals surface area (Å²) in [5.41, 5.74) is 0.756. The van der Waals surface area contributed by atoms with Gasteiger partial charge in [0.25, 0.3) is 0 Å². The second-order valence-electron chi connectivity index (χ2n) is 5.06. The summed E-state index contributed by atoms with van der Waals surface area (Å²) in [5.74, 6) is 6.16. The van der Waals surface area contributed by atoms with Crippen LogP contribution in [0, 0.1) is 11.8 Å². The van der Waals surface area contributed by atoms with Crippen molar-refractivity contribution in [2.75, 3.05) is 13.1 Å². The molecule has 2 N–H and O–H groups in total. The fourth-order valence-electron chi connectivity index (χ4n) is 1.94. The standard InChI is InChI=1S/C18H18F3N3S/c1-2-22-17(24-12-15-8-10-25-13-15)23-9-4-6-14-5-3-7-16(11-14)18(19,20)21/h3,5,7-8,10-11,13H,2,9,12H2,1H3,(H2,22,23,24). The molecule has 0 aliphatic heterocycles. The first-order valence-electron chi connectivity index (χ1n) is 7.68. The van der Waals surface area contributed by atoms with Crippen LogP contribution < -0.4 is 10.6 Å². The number of thiophene rings is 1. The Hall–Kier alpha value is -2.46. The third kappa shape index (κ3) is 6.51. The summed E-state index contributed by atoms with van der Waals surface area (Å²) in [6.07, 6.45) is -4.36. The Morgan fingerprint density at radius 3 is 2.76 bits per heavy atom. The molecule has 0 spiro atoms. The maximum Gasteiger partial charge on any atom is 0.416 e. The van der Waals surface area contributed by atoms with Crippen molar-refractivity contribution in [2.45, 2.75) is 19.6 Å². The van der Waals surface area contributed by atoms with Gasteiger partial charge in [0.15, 0.2) is 5.96 Å². The Labute approximate surface area is 149 Å². The lowest BCUT2D eigenvalue weighted by atomic mass is 10.1. The second kappa shape index (κ2) is 9.14. The Balaban J connectivity index is 1.94. The number of nitrogens with zero attached hydrogens (tertiary/aromatic N) is 1. The van der Waals surface area contributed by atoms with E-state index in [9.17, 15) is 13.2 Å². The molecular weight excluding hydrogens is 347 g/mol. The average molecular weight is 365 g/mol. The topological polar surface area (TPSA) is 36.4 Å². The van der Waals surface area contributed by atoms with Gasteiger partial charge >= 0.3 is 6.18 Å². The van der Waals surface area contributed by atoms with Crippen LogP contribution in [0.4, 0.5) is 13.2 Å². The molecule has 1 aromatic heterocycles. The summed E-state index contributed by atoms with van der Waals surface area (Å²) in [7, 11) is 0. The normalized spacial score (nSPS) is 11.6. The van der Waals surface area contributed by atoms with E-state index in [0.717, 1.165) is 17.7 Å². The van der Waals surface area contributed by atoms with E-state index in [1.165, 1.54) is 6.07 Å². The molecule has 0 bridgehead atoms. The predicted octanol–water partition coefficient (Wildman–Crippen LogP) is 3.87. The average Bonchev–Trinajstić information content (AvgIpc) is 3.09. The molecule has 0 saturated carbocycles. The Kier molecular flexibility index (Phi) is 6.90. The summed E-state index contributed by atoms with van der Waals surface area (Å²) in [5, 5.41) is 10.2. The summed E-state index contributed by atoms with van der Waals surface area (Å²) in [4.78, 5) is 4.43. The highest BCUT2D eigenvalue weighted by molar-refractivity contribution is 7.07. The summed E-state index contributed by atoms with van der Waals surface area (Å²) in [6.45, 7) is 3.50. The number of rotatable bonds is 4. The highest BCUT2D eigenvalue weighted by atomic mass is 32.1. The van der Waals surface area contributed by atoms with Crippen molar-refractivity contribution >= 4 is 17.3 Å². The van der Waals surface area contributed by atoms with Gasteiger partial charge in [0, 0.05) is 12.1 Å². The quantitative estimate of drug-likeness (QED) is 0.490. The van der Waals surface area contributed by atoms with Gasteiger partial charge in [0.1, 0.15) is 0 Å². The first-order valence-corrected chi connectivity index (χ1v) is 8.62. The number of guanidine groups is 1. The summed E-state index contributed by atoms with van der Waals surface area (Å²) >= 11 is 1.61. The number of benzene rings is 1. The smallest absolute Gasteiger partial charge is 0.357 e. The summed E-state index contributed by atoms with van der Waals surface area (Å²) < 4.78 is 38.0. The first kappa shape index (κ1) is 18.9. The van der Waals surface area contributed by atoms with Crippen LogP contribution in [0.3, 0.4) is 0 Å². The van der Waals surface area contributed by atoms with Gasteiger partial charge < -0.3 is 10.6 Å². The molecule has 0 fully saturated rings. The predicted molar refractivity (Wildman–Crippen MR) is 95.5 cm³/mol. The fourth-order valence-corrected chi connectivity index (χ4v) is 2.60. The van der Waals surface area contributed by atoms with Crippen LogP contribution in [-0.2, 0) is 12.7 Å². The number of aliphatic imine (C=N–C) groups is 1. The number of nitrogens with one attached hydrogen (secondary N) is 2. The molecule has 0 amide bonds. The lowest BCUT2D eigenvalue weighted by Crippen LogP contribution is -2.37. The minimum absolute atomic E-state index is 0.283. The lowest BCUT2D eigenvalue weighted by Gasteiger charge is -2.08. The highest BCUT2D eigenvalue weighted by Gasteiger charge is 2.30. The molecule has 0 saturated heterocycles. The summed E-state index contributed by atoms with van der Waals surface area (Å²) in [6, 6.07) is 6.99. The molecule has 7 heteroatoms. The SMILES string of the molecule is CCNC(=NCc1ccsc1)NCC#Cc1cccc(C(F)(F)F)c1. The van der Waals surface area contributed by atoms with Crippen LogP contribution in [0.25, 0.3) is 0 Å². The Bertz CT molecular complexity index is 756. The molecule has 1 heterocycles. The second-order valence-corrected chi connectivity index (χ2v) is 5.84. The lowest BCUT2D eigenvalue weighted by molar-refractivity contribution is -0.137. The molecular formula is C18H18F3N3S. The number of halogens is 3. The number of alkyl halides is 3. The minimum atomic E-state index is -4.36. The van der Waals surface area contributed by atoms with Crippen molar-refractivity contribution in [1.29, 1.82) is 0 Å². The molecule has 0 atom stereocenters. The molecule has 0 unspecified atom stereocenters. The van der Waals surface area contributed by atoms with Crippen molar-refractivity contribution in [1.82, 2.24) is 10.6 Å². The molecule has 3 nitrogen and oxygen atoms in total. The van der Waals surface area contributed by atoms with E-state index in [1.54, 1.807) is 17.4 Å². The Morgan fingerprint density at radius 2 is 2.08 bits per heavy atom. The maximum atomic E-state index is 12.7. The van der Waals surface area contributed by atoms with E-state index in [2.05, 4.69) is 27.5 Å². The Morgan fingerprint density at radius 1 is 1.24 bits per heavy atom. The van der Waals surface area contributed by atoms with E-state index in [0.29, 0.717) is 24.6 Å². The monoisotopic (exact) mass is 365 g/mol.